The third-order valence-corrected chi connectivity index (χ3v) is 4.86. The van der Waals surface area contributed by atoms with Crippen molar-refractivity contribution in [2.75, 3.05) is 5.32 Å². The normalized spacial score (nSPS) is 11.1. The van der Waals surface area contributed by atoms with E-state index >= 15 is 0 Å². The van der Waals surface area contributed by atoms with Gasteiger partial charge >= 0.3 is 12.1 Å². The Morgan fingerprint density at radius 3 is 2.36 bits per heavy atom. The smallest absolute Gasteiger partial charge is 0.475 e. The summed E-state index contributed by atoms with van der Waals surface area (Å²) in [7, 11) is 1.90. The van der Waals surface area contributed by atoms with Crippen molar-refractivity contribution in [3.05, 3.63) is 73.2 Å². The number of halogens is 3. The van der Waals surface area contributed by atoms with Gasteiger partial charge in [-0.05, 0) is 31.2 Å². The van der Waals surface area contributed by atoms with Crippen LogP contribution in [0.15, 0.2) is 67.4 Å². The highest BCUT2D eigenvalue weighted by Crippen LogP contribution is 2.28. The number of anilines is 2. The van der Waals surface area contributed by atoms with Crippen LogP contribution in [0.1, 0.15) is 5.82 Å². The molecule has 0 aliphatic heterocycles. The number of nitrogens with one attached hydrogen (secondary N) is 1. The van der Waals surface area contributed by atoms with Crippen molar-refractivity contribution in [3.8, 4) is 16.8 Å². The summed E-state index contributed by atoms with van der Waals surface area (Å²) in [5.41, 5.74) is 4.76. The number of aromatic nitrogens is 7. The first-order valence-electron chi connectivity index (χ1n) is 10.4. The largest absolute Gasteiger partial charge is 0.490 e. The van der Waals surface area contributed by atoms with E-state index in [1.165, 1.54) is 0 Å². The summed E-state index contributed by atoms with van der Waals surface area (Å²) in [6, 6.07) is 13.9. The third-order valence-electron chi connectivity index (χ3n) is 4.86. The molecule has 10 nitrogen and oxygen atoms in total. The summed E-state index contributed by atoms with van der Waals surface area (Å²) >= 11 is 0. The quantitative estimate of drug-likeness (QED) is 0.378. The molecule has 0 aliphatic rings. The van der Waals surface area contributed by atoms with Gasteiger partial charge in [0.2, 0.25) is 5.95 Å². The highest BCUT2D eigenvalue weighted by Gasteiger charge is 2.38. The van der Waals surface area contributed by atoms with Crippen molar-refractivity contribution >= 4 is 28.5 Å². The number of rotatable bonds is 4. The zero-order valence-electron chi connectivity index (χ0n) is 19.0. The van der Waals surface area contributed by atoms with Gasteiger partial charge in [-0.3, -0.25) is 4.68 Å². The van der Waals surface area contributed by atoms with Crippen molar-refractivity contribution in [1.29, 1.82) is 0 Å². The van der Waals surface area contributed by atoms with Crippen molar-refractivity contribution in [3.63, 3.8) is 0 Å². The van der Waals surface area contributed by atoms with E-state index in [2.05, 4.69) is 25.5 Å². The van der Waals surface area contributed by atoms with E-state index in [9.17, 15) is 13.2 Å². The first kappa shape index (κ1) is 24.3. The molecule has 0 bridgehead atoms. The summed E-state index contributed by atoms with van der Waals surface area (Å²) in [6.45, 7) is 1.86. The molecule has 0 radical (unpaired) electrons. The molecule has 5 rings (SSSR count). The van der Waals surface area contributed by atoms with Crippen LogP contribution in [0, 0.1) is 6.92 Å². The molecule has 0 atom stereocenters. The van der Waals surface area contributed by atoms with E-state index < -0.39 is 12.1 Å². The predicted molar refractivity (Wildman–Crippen MR) is 125 cm³/mol. The lowest BCUT2D eigenvalue weighted by Gasteiger charge is -2.09. The molecule has 0 unspecified atom stereocenters. The molecule has 3 heterocycles. The van der Waals surface area contributed by atoms with Crippen molar-refractivity contribution in [2.45, 2.75) is 13.1 Å². The number of carbonyl (C=O) groups is 1. The Morgan fingerprint density at radius 2 is 1.78 bits per heavy atom. The van der Waals surface area contributed by atoms with Gasteiger partial charge < -0.3 is 10.4 Å². The number of nitrogens with zero attached hydrogens (tertiary/aromatic N) is 7. The molecule has 5 aromatic rings. The molecule has 0 fully saturated rings. The highest BCUT2D eigenvalue weighted by molar-refractivity contribution is 5.93. The maximum atomic E-state index is 10.6. The van der Waals surface area contributed by atoms with E-state index in [0.717, 1.165) is 39.2 Å². The Kier molecular flexibility index (Phi) is 6.63. The average molecular weight is 496 g/mol. The van der Waals surface area contributed by atoms with Crippen LogP contribution in [0.3, 0.4) is 0 Å². The maximum absolute atomic E-state index is 10.6. The molecular formula is C23H19F3N8O2. The van der Waals surface area contributed by atoms with Crippen LogP contribution < -0.4 is 5.32 Å². The summed E-state index contributed by atoms with van der Waals surface area (Å²) in [5.74, 6) is -1.48. The van der Waals surface area contributed by atoms with Crippen LogP contribution >= 0.6 is 0 Å². The molecule has 0 saturated heterocycles. The second-order valence-electron chi connectivity index (χ2n) is 7.55. The second-order valence-corrected chi connectivity index (χ2v) is 7.55. The number of aliphatic carboxylic acids is 1. The lowest BCUT2D eigenvalue weighted by atomic mass is 10.1. The molecule has 3 aromatic heterocycles. The van der Waals surface area contributed by atoms with Crippen LogP contribution in [0.5, 0.6) is 0 Å². The fourth-order valence-electron chi connectivity index (χ4n) is 3.21. The average Bonchev–Trinajstić information content (AvgIpc) is 3.47. The van der Waals surface area contributed by atoms with Gasteiger partial charge in [-0.25, -0.2) is 24.4 Å². The van der Waals surface area contributed by atoms with Gasteiger partial charge in [0.1, 0.15) is 12.2 Å². The zero-order valence-corrected chi connectivity index (χ0v) is 19.0. The SMILES string of the molecule is Cc1ncn(-c2ccc(Nc3ncc4cccc(-c5cnn(C)c5)c4n3)cc2)n1.O=C(O)C(F)(F)F. The zero-order chi connectivity index (χ0) is 25.9. The Bertz CT molecular complexity index is 1510. The van der Waals surface area contributed by atoms with Gasteiger partial charge in [0.25, 0.3) is 0 Å². The van der Waals surface area contributed by atoms with Crippen molar-refractivity contribution in [1.82, 2.24) is 34.5 Å². The number of carboxylic acids is 1. The molecule has 36 heavy (non-hydrogen) atoms. The number of hydrogen-bond donors (Lipinski definition) is 2. The van der Waals surface area contributed by atoms with Gasteiger partial charge in [-0.1, -0.05) is 18.2 Å². The van der Waals surface area contributed by atoms with Gasteiger partial charge in [0.05, 0.1) is 17.4 Å². The fourth-order valence-corrected chi connectivity index (χ4v) is 3.21. The number of para-hydroxylation sites is 1. The topological polar surface area (TPSA) is 124 Å². The standard InChI is InChI=1S/C21H18N8.C2HF3O2/c1-14-23-13-29(27-14)18-8-6-17(7-9-18)25-21-22-10-15-4-3-5-19(20(15)26-21)16-11-24-28(2)12-16;3-2(4,5)1(6)7/h3-13H,1-2H3,(H,22,25,26);(H,6,7). The molecule has 0 spiro atoms. The molecule has 2 aromatic carbocycles. The predicted octanol–water partition coefficient (Wildman–Crippen LogP) is 4.30. The summed E-state index contributed by atoms with van der Waals surface area (Å²) in [6.07, 6.45) is 2.27. The van der Waals surface area contributed by atoms with Crippen molar-refractivity contribution in [2.24, 2.45) is 7.05 Å². The number of fused-ring (bicyclic) bond motifs is 1. The first-order valence-corrected chi connectivity index (χ1v) is 10.4. The number of benzene rings is 2. The monoisotopic (exact) mass is 496 g/mol. The maximum Gasteiger partial charge on any atom is 0.490 e. The summed E-state index contributed by atoms with van der Waals surface area (Å²) in [5, 5.41) is 20.0. The lowest BCUT2D eigenvalue weighted by molar-refractivity contribution is -0.192. The van der Waals surface area contributed by atoms with Crippen LogP contribution in [-0.4, -0.2) is 51.8 Å². The molecule has 13 heteroatoms. The van der Waals surface area contributed by atoms with E-state index in [4.69, 9.17) is 14.9 Å². The third kappa shape index (κ3) is 5.63. The van der Waals surface area contributed by atoms with Crippen molar-refractivity contribution < 1.29 is 23.1 Å². The summed E-state index contributed by atoms with van der Waals surface area (Å²) < 4.78 is 35.3. The minimum Gasteiger partial charge on any atom is -0.475 e. The van der Waals surface area contributed by atoms with Crippen LogP contribution in [0.2, 0.25) is 0 Å². The van der Waals surface area contributed by atoms with E-state index in [0.29, 0.717) is 5.95 Å². The van der Waals surface area contributed by atoms with Crippen LogP contribution in [0.4, 0.5) is 24.8 Å². The highest BCUT2D eigenvalue weighted by atomic mass is 19.4. The Hall–Kier alpha value is -4.81. The van der Waals surface area contributed by atoms with Crippen LogP contribution in [-0.2, 0) is 11.8 Å². The number of hydrogen-bond acceptors (Lipinski definition) is 7. The van der Waals surface area contributed by atoms with Gasteiger partial charge in [-0.2, -0.15) is 23.4 Å². The Balaban J connectivity index is 0.000000384. The number of aryl methyl sites for hydroxylation is 2. The molecule has 0 aliphatic carbocycles. The Labute approximate surface area is 202 Å². The van der Waals surface area contributed by atoms with Gasteiger partial charge in [-0.15, -0.1) is 0 Å². The molecule has 0 saturated carbocycles. The minimum atomic E-state index is -5.08. The van der Waals surface area contributed by atoms with E-state index in [-0.39, 0.29) is 0 Å². The minimum absolute atomic E-state index is 0.540. The first-order chi connectivity index (χ1) is 17.1. The molecule has 2 N–H and O–H groups in total. The summed E-state index contributed by atoms with van der Waals surface area (Å²) in [4.78, 5) is 22.3. The molecule has 184 valence electrons. The lowest BCUT2D eigenvalue weighted by Crippen LogP contribution is -2.21. The van der Waals surface area contributed by atoms with Crippen LogP contribution in [0.25, 0.3) is 27.7 Å². The molecular weight excluding hydrogens is 477 g/mol. The number of carboxylic acid groups (broad SMARTS) is 1. The van der Waals surface area contributed by atoms with E-state index in [1.807, 2.05) is 75.0 Å². The second kappa shape index (κ2) is 9.82. The van der Waals surface area contributed by atoms with E-state index in [1.54, 1.807) is 15.7 Å². The van der Waals surface area contributed by atoms with Gasteiger partial charge in [0, 0.05) is 41.6 Å². The molecule has 0 amide bonds. The Morgan fingerprint density at radius 1 is 1.06 bits per heavy atom. The number of alkyl halides is 3. The fraction of sp³-hybridized carbons (Fsp3) is 0.130. The van der Waals surface area contributed by atoms with Gasteiger partial charge in [0.15, 0.2) is 0 Å².